The van der Waals surface area contributed by atoms with Crippen LogP contribution in [-0.2, 0) is 0 Å². The molecule has 3 aromatic rings. The quantitative estimate of drug-likeness (QED) is 0.212. The maximum atomic E-state index is 13.2. The zero-order chi connectivity index (χ0) is 18.6. The summed E-state index contributed by atoms with van der Waals surface area (Å²) in [5.74, 6) is 0.277. The van der Waals surface area contributed by atoms with Crippen LogP contribution < -0.4 is 24.0 Å². The Morgan fingerprint density at radius 2 is 1.30 bits per heavy atom. The maximum Gasteiger partial charge on any atom is 0.164 e. The third kappa shape index (κ3) is 4.52. The number of rotatable bonds is 8. The van der Waals surface area contributed by atoms with Crippen LogP contribution in [0.2, 0.25) is 0 Å². The molecule has 0 radical (unpaired) electrons. The van der Waals surface area contributed by atoms with E-state index in [1.807, 2.05) is 24.3 Å². The minimum absolute atomic E-state index is 0. The van der Waals surface area contributed by atoms with E-state index in [0.29, 0.717) is 6.42 Å². The van der Waals surface area contributed by atoms with Crippen molar-refractivity contribution >= 4 is 27.3 Å². The fraction of sp³-hybridized carbons (Fsp3) is 0.375. The van der Waals surface area contributed by atoms with Crippen LogP contribution in [0.4, 0.5) is 0 Å². The van der Waals surface area contributed by atoms with Crippen molar-refractivity contribution in [3.8, 4) is 0 Å². The second-order valence-electron chi connectivity index (χ2n) is 7.23. The molecule has 0 aromatic heterocycles. The second kappa shape index (κ2) is 9.65. The number of hydrogen-bond donors (Lipinski definition) is 0. The van der Waals surface area contributed by atoms with E-state index >= 15 is 0 Å². The molecule has 144 valence electrons. The first-order valence-electron chi connectivity index (χ1n) is 9.93. The number of ketones is 1. The molecule has 0 heterocycles. The van der Waals surface area contributed by atoms with Crippen LogP contribution in [-0.4, -0.2) is 36.4 Å². The van der Waals surface area contributed by atoms with Gasteiger partial charge in [-0.05, 0) is 48.4 Å². The summed E-state index contributed by atoms with van der Waals surface area (Å²) >= 11 is 0. The molecular formula is C24H30INO. The Morgan fingerprint density at radius 3 is 1.78 bits per heavy atom. The summed E-state index contributed by atoms with van der Waals surface area (Å²) in [4.78, 5) is 13.2. The van der Waals surface area contributed by atoms with Gasteiger partial charge < -0.3 is 28.5 Å². The molecule has 0 aliphatic rings. The molecule has 0 fully saturated rings. The third-order valence-electron chi connectivity index (χ3n) is 6.10. The average molecular weight is 475 g/mol. The van der Waals surface area contributed by atoms with E-state index in [1.54, 1.807) is 0 Å². The molecule has 0 saturated heterocycles. The summed E-state index contributed by atoms with van der Waals surface area (Å²) in [6.45, 7) is 11.3. The molecule has 0 unspecified atom stereocenters. The van der Waals surface area contributed by atoms with Crippen molar-refractivity contribution in [2.24, 2.45) is 0 Å². The molecule has 3 heteroatoms. The second-order valence-corrected chi connectivity index (χ2v) is 7.23. The number of carbonyl (C=O) groups is 1. The van der Waals surface area contributed by atoms with Gasteiger partial charge >= 0.3 is 0 Å². The van der Waals surface area contributed by atoms with E-state index in [-0.39, 0.29) is 29.8 Å². The summed E-state index contributed by atoms with van der Waals surface area (Å²) in [5, 5.41) is 4.46. The predicted molar refractivity (Wildman–Crippen MR) is 112 cm³/mol. The normalized spacial score (nSPS) is 11.5. The number of nitrogens with zero attached hydrogens (tertiary/aromatic N) is 1. The highest BCUT2D eigenvalue weighted by Crippen LogP contribution is 2.29. The number of benzene rings is 3. The highest BCUT2D eigenvalue weighted by atomic mass is 127. The molecule has 0 aliphatic carbocycles. The van der Waals surface area contributed by atoms with Crippen molar-refractivity contribution < 1.29 is 33.3 Å². The van der Waals surface area contributed by atoms with Crippen molar-refractivity contribution in [3.05, 3.63) is 60.2 Å². The molecule has 3 aromatic carbocycles. The largest absolute Gasteiger partial charge is 1.00 e. The van der Waals surface area contributed by atoms with Crippen molar-refractivity contribution in [2.45, 2.75) is 33.6 Å². The van der Waals surface area contributed by atoms with Gasteiger partial charge in [-0.2, -0.15) is 0 Å². The predicted octanol–water partition coefficient (Wildman–Crippen LogP) is 2.84. The highest BCUT2D eigenvalue weighted by molar-refractivity contribution is 6.18. The summed E-state index contributed by atoms with van der Waals surface area (Å²) in [6, 6.07) is 18.7. The molecule has 0 saturated carbocycles. The molecule has 3 rings (SSSR count). The van der Waals surface area contributed by atoms with Gasteiger partial charge in [0, 0.05) is 18.4 Å². The van der Waals surface area contributed by atoms with E-state index in [1.165, 1.54) is 0 Å². The number of fused-ring (bicyclic) bond motifs is 2. The minimum Gasteiger partial charge on any atom is -1.00 e. The lowest BCUT2D eigenvalue weighted by Gasteiger charge is -2.35. The lowest BCUT2D eigenvalue weighted by molar-refractivity contribution is -0.923. The van der Waals surface area contributed by atoms with Gasteiger partial charge in [0.15, 0.2) is 5.78 Å². The van der Waals surface area contributed by atoms with Crippen LogP contribution in [0.1, 0.15) is 44.0 Å². The molecule has 0 aliphatic heterocycles. The first kappa shape index (κ1) is 21.8. The summed E-state index contributed by atoms with van der Waals surface area (Å²) in [6.07, 6.45) is 1.57. The lowest BCUT2D eigenvalue weighted by Crippen LogP contribution is -3.00. The van der Waals surface area contributed by atoms with Gasteiger partial charge in [0.05, 0.1) is 26.2 Å². The topological polar surface area (TPSA) is 17.1 Å². The van der Waals surface area contributed by atoms with Crippen LogP contribution in [0.25, 0.3) is 21.5 Å². The molecule has 0 N–H and O–H groups in total. The van der Waals surface area contributed by atoms with Gasteiger partial charge in [-0.15, -0.1) is 0 Å². The van der Waals surface area contributed by atoms with E-state index in [0.717, 1.165) is 64.2 Å². The van der Waals surface area contributed by atoms with Gasteiger partial charge in [-0.3, -0.25) is 4.79 Å². The Morgan fingerprint density at radius 1 is 0.815 bits per heavy atom. The van der Waals surface area contributed by atoms with Crippen molar-refractivity contribution in [3.63, 3.8) is 0 Å². The van der Waals surface area contributed by atoms with Crippen molar-refractivity contribution in [1.82, 2.24) is 0 Å². The van der Waals surface area contributed by atoms with Gasteiger partial charge in [-0.25, -0.2) is 0 Å². The average Bonchev–Trinajstić information content (AvgIpc) is 2.69. The number of halogens is 1. The fourth-order valence-corrected chi connectivity index (χ4v) is 4.16. The molecule has 2 nitrogen and oxygen atoms in total. The van der Waals surface area contributed by atoms with Crippen molar-refractivity contribution in [2.75, 3.05) is 26.2 Å². The molecular weight excluding hydrogens is 445 g/mol. The lowest BCUT2D eigenvalue weighted by atomic mass is 9.92. The molecule has 0 bridgehead atoms. The molecule has 0 spiro atoms. The van der Waals surface area contributed by atoms with Crippen LogP contribution in [0, 0.1) is 0 Å². The summed E-state index contributed by atoms with van der Waals surface area (Å²) < 4.78 is 1.10. The van der Waals surface area contributed by atoms with Crippen molar-refractivity contribution in [1.29, 1.82) is 0 Å². The fourth-order valence-electron chi connectivity index (χ4n) is 4.16. The summed E-state index contributed by atoms with van der Waals surface area (Å²) in [5.41, 5.74) is 0.904. The Bertz CT molecular complexity index is 852. The zero-order valence-corrected chi connectivity index (χ0v) is 18.8. The smallest absolute Gasteiger partial charge is 0.164 e. The van der Waals surface area contributed by atoms with Gasteiger partial charge in [-0.1, -0.05) is 48.5 Å². The van der Waals surface area contributed by atoms with E-state index < -0.39 is 0 Å². The van der Waals surface area contributed by atoms with Gasteiger partial charge in [0.25, 0.3) is 0 Å². The number of carbonyl (C=O) groups excluding carboxylic acids is 1. The Labute approximate surface area is 180 Å². The number of quaternary nitrogens is 1. The Hall–Kier alpha value is -1.46. The molecule has 27 heavy (non-hydrogen) atoms. The van der Waals surface area contributed by atoms with E-state index in [2.05, 4.69) is 51.1 Å². The van der Waals surface area contributed by atoms with Gasteiger partial charge in [0.2, 0.25) is 0 Å². The first-order chi connectivity index (χ1) is 12.6. The van der Waals surface area contributed by atoms with Crippen LogP contribution in [0.3, 0.4) is 0 Å². The zero-order valence-electron chi connectivity index (χ0n) is 16.7. The maximum absolute atomic E-state index is 13.2. The SMILES string of the molecule is CC[N+](CC)(CC)CCCC(=O)c1c2ccccc2cc2ccccc12.[I-]. The first-order valence-corrected chi connectivity index (χ1v) is 9.93. The van der Waals surface area contributed by atoms with Gasteiger partial charge in [0.1, 0.15) is 0 Å². The van der Waals surface area contributed by atoms with Crippen LogP contribution in [0.15, 0.2) is 54.6 Å². The Balaban J connectivity index is 0.00000261. The standard InChI is InChI=1S/C24H30NO.HI/c1-4-25(5-2,6-3)17-11-16-23(26)24-21-14-9-7-12-19(21)18-20-13-8-10-15-22(20)24;/h7-10,12-15,18H,4-6,11,16-17H2,1-3H3;1H/q+1;/p-1. The minimum atomic E-state index is 0. The molecule has 0 atom stereocenters. The monoisotopic (exact) mass is 475 g/mol. The third-order valence-corrected chi connectivity index (χ3v) is 6.10. The van der Waals surface area contributed by atoms with Crippen LogP contribution >= 0.6 is 0 Å². The Kier molecular flexibility index (Phi) is 7.80. The highest BCUT2D eigenvalue weighted by Gasteiger charge is 2.21. The van der Waals surface area contributed by atoms with E-state index in [9.17, 15) is 4.79 Å². The van der Waals surface area contributed by atoms with E-state index in [4.69, 9.17) is 0 Å². The number of Topliss-reactive ketones (excluding diaryl/α,β-unsaturated/α-hetero) is 1. The summed E-state index contributed by atoms with van der Waals surface area (Å²) in [7, 11) is 0. The van der Waals surface area contributed by atoms with Crippen LogP contribution in [0.5, 0.6) is 0 Å². The molecule has 0 amide bonds. The number of hydrogen-bond acceptors (Lipinski definition) is 1.